The standard InChI is InChI=1S/C23H25N3O6/c1-26-18-9-8-16(12-21(27)28)32-20(18)13-31-19-10-7-15(11-17(19)22(26)29)25-23(30)24-14-5-3-2-4-6-14/h2-7,10-11,16,18,20H,8-9,12-13H2,1H3,(H,27,28)(H2,24,25,30)/t16-,18+,20-/m1/s1. The van der Waals surface area contributed by atoms with Crippen LogP contribution in [0.3, 0.4) is 0 Å². The molecule has 4 rings (SSSR count). The van der Waals surface area contributed by atoms with Gasteiger partial charge < -0.3 is 30.1 Å². The minimum absolute atomic E-state index is 0.0719. The number of carboxylic acids is 1. The van der Waals surface area contributed by atoms with Crippen LogP contribution in [-0.2, 0) is 9.53 Å². The van der Waals surface area contributed by atoms with E-state index in [2.05, 4.69) is 10.6 Å². The summed E-state index contributed by atoms with van der Waals surface area (Å²) in [5, 5.41) is 14.5. The van der Waals surface area contributed by atoms with Crippen LogP contribution in [0, 0.1) is 0 Å². The Bertz CT molecular complexity index is 1010. The van der Waals surface area contributed by atoms with Gasteiger partial charge in [0, 0.05) is 18.4 Å². The van der Waals surface area contributed by atoms with Gasteiger partial charge in [-0.1, -0.05) is 18.2 Å². The number of ether oxygens (including phenoxy) is 2. The summed E-state index contributed by atoms with van der Waals surface area (Å²) in [5.74, 6) is -0.772. The van der Waals surface area contributed by atoms with Gasteiger partial charge in [-0.2, -0.15) is 0 Å². The van der Waals surface area contributed by atoms with Crippen molar-refractivity contribution in [1.29, 1.82) is 0 Å². The smallest absolute Gasteiger partial charge is 0.323 e. The van der Waals surface area contributed by atoms with Gasteiger partial charge in [0.1, 0.15) is 18.5 Å². The molecule has 0 unspecified atom stereocenters. The second-order valence-corrected chi connectivity index (χ2v) is 7.92. The predicted octanol–water partition coefficient (Wildman–Crippen LogP) is 3.19. The first-order valence-electron chi connectivity index (χ1n) is 10.4. The average Bonchev–Trinajstić information content (AvgIpc) is 2.77. The van der Waals surface area contributed by atoms with Crippen molar-refractivity contribution >= 4 is 29.3 Å². The minimum Gasteiger partial charge on any atom is -0.490 e. The molecule has 9 heteroatoms. The lowest BCUT2D eigenvalue weighted by molar-refractivity contribution is -0.148. The van der Waals surface area contributed by atoms with Crippen LogP contribution in [0.2, 0.25) is 0 Å². The zero-order chi connectivity index (χ0) is 22.7. The van der Waals surface area contributed by atoms with Crippen molar-refractivity contribution < 1.29 is 29.0 Å². The third-order valence-electron chi connectivity index (χ3n) is 5.70. The number of amides is 3. The number of nitrogens with zero attached hydrogens (tertiary/aromatic N) is 1. The van der Waals surface area contributed by atoms with Crippen LogP contribution < -0.4 is 15.4 Å². The molecule has 3 atom stereocenters. The van der Waals surface area contributed by atoms with Crippen LogP contribution >= 0.6 is 0 Å². The normalized spacial score (nSPS) is 22.5. The van der Waals surface area contributed by atoms with Gasteiger partial charge in [0.15, 0.2) is 0 Å². The molecule has 9 nitrogen and oxygen atoms in total. The Kier molecular flexibility index (Phi) is 6.27. The van der Waals surface area contributed by atoms with Crippen molar-refractivity contribution in [3.8, 4) is 5.75 Å². The van der Waals surface area contributed by atoms with Crippen molar-refractivity contribution in [1.82, 2.24) is 4.90 Å². The van der Waals surface area contributed by atoms with E-state index in [-0.39, 0.29) is 25.0 Å². The highest BCUT2D eigenvalue weighted by molar-refractivity contribution is 6.02. The number of fused-ring (bicyclic) bond motifs is 2. The number of carbonyl (C=O) groups excluding carboxylic acids is 2. The van der Waals surface area contributed by atoms with Crippen LogP contribution in [0.5, 0.6) is 5.75 Å². The Labute approximate surface area is 185 Å². The maximum Gasteiger partial charge on any atom is 0.323 e. The van der Waals surface area contributed by atoms with Gasteiger partial charge in [0.05, 0.1) is 24.1 Å². The van der Waals surface area contributed by atoms with Gasteiger partial charge >= 0.3 is 12.0 Å². The Morgan fingerprint density at radius 1 is 1.09 bits per heavy atom. The van der Waals surface area contributed by atoms with Crippen LogP contribution in [0.25, 0.3) is 0 Å². The summed E-state index contributed by atoms with van der Waals surface area (Å²) in [6, 6.07) is 13.3. The molecule has 2 aromatic rings. The van der Waals surface area contributed by atoms with E-state index in [1.165, 1.54) is 0 Å². The second kappa shape index (κ2) is 9.27. The SMILES string of the molecule is CN1C(=O)c2cc(NC(=O)Nc3ccccc3)ccc2OC[C@H]2O[C@@H](CC(=O)O)CC[C@@H]21. The van der Waals surface area contributed by atoms with Gasteiger partial charge in [-0.25, -0.2) is 4.79 Å². The molecule has 2 aromatic carbocycles. The fourth-order valence-electron chi connectivity index (χ4n) is 4.11. The molecule has 2 heterocycles. The molecule has 3 N–H and O–H groups in total. The summed E-state index contributed by atoms with van der Waals surface area (Å²) in [6.07, 6.45) is 0.302. The first-order valence-corrected chi connectivity index (χ1v) is 10.4. The largest absolute Gasteiger partial charge is 0.490 e. The molecule has 0 bridgehead atoms. The summed E-state index contributed by atoms with van der Waals surface area (Å²) in [4.78, 5) is 38.2. The molecule has 168 valence electrons. The van der Waals surface area contributed by atoms with Crippen molar-refractivity contribution in [2.45, 2.75) is 37.5 Å². The van der Waals surface area contributed by atoms with Gasteiger partial charge in [-0.3, -0.25) is 9.59 Å². The first-order chi connectivity index (χ1) is 15.4. The number of carboxylic acid groups (broad SMARTS) is 1. The number of hydrogen-bond donors (Lipinski definition) is 3. The zero-order valence-corrected chi connectivity index (χ0v) is 17.6. The van der Waals surface area contributed by atoms with Gasteiger partial charge in [-0.05, 0) is 43.2 Å². The van der Waals surface area contributed by atoms with Crippen LogP contribution in [0.1, 0.15) is 29.6 Å². The first kappa shape index (κ1) is 21.6. The number of aliphatic carboxylic acids is 1. The lowest BCUT2D eigenvalue weighted by Crippen LogP contribution is -2.53. The van der Waals surface area contributed by atoms with E-state index in [4.69, 9.17) is 14.6 Å². The van der Waals surface area contributed by atoms with E-state index >= 15 is 0 Å². The number of nitrogens with one attached hydrogen (secondary N) is 2. The fourth-order valence-corrected chi connectivity index (χ4v) is 4.11. The summed E-state index contributed by atoms with van der Waals surface area (Å²) >= 11 is 0. The molecular formula is C23H25N3O6. The summed E-state index contributed by atoms with van der Waals surface area (Å²) in [6.45, 7) is 0.201. The molecule has 0 radical (unpaired) electrons. The highest BCUT2D eigenvalue weighted by Crippen LogP contribution is 2.32. The monoisotopic (exact) mass is 439 g/mol. The zero-order valence-electron chi connectivity index (χ0n) is 17.6. The van der Waals surface area contributed by atoms with E-state index in [0.717, 1.165) is 0 Å². The van der Waals surface area contributed by atoms with Crippen LogP contribution in [0.15, 0.2) is 48.5 Å². The number of rotatable bonds is 4. The molecule has 1 saturated heterocycles. The Morgan fingerprint density at radius 2 is 1.84 bits per heavy atom. The van der Waals surface area contributed by atoms with E-state index in [9.17, 15) is 14.4 Å². The summed E-state index contributed by atoms with van der Waals surface area (Å²) < 4.78 is 11.8. The number of carbonyl (C=O) groups is 3. The molecule has 0 aliphatic carbocycles. The number of anilines is 2. The minimum atomic E-state index is -0.911. The van der Waals surface area contributed by atoms with Gasteiger partial charge in [0.25, 0.3) is 5.91 Å². The number of benzene rings is 2. The third kappa shape index (κ3) is 4.83. The lowest BCUT2D eigenvalue weighted by Gasteiger charge is -2.42. The Morgan fingerprint density at radius 3 is 2.59 bits per heavy atom. The van der Waals surface area contributed by atoms with Gasteiger partial charge in [-0.15, -0.1) is 0 Å². The highest BCUT2D eigenvalue weighted by Gasteiger charge is 2.39. The molecule has 0 saturated carbocycles. The number of likely N-dealkylation sites (N-methyl/N-ethyl adjacent to an activating group) is 1. The Hall–Kier alpha value is -3.59. The highest BCUT2D eigenvalue weighted by atomic mass is 16.5. The molecule has 1 fully saturated rings. The second-order valence-electron chi connectivity index (χ2n) is 7.92. The maximum atomic E-state index is 13.2. The van der Waals surface area contributed by atoms with Crippen molar-refractivity contribution in [2.24, 2.45) is 0 Å². The Balaban J connectivity index is 1.49. The fraction of sp³-hybridized carbons (Fsp3) is 0.348. The lowest BCUT2D eigenvalue weighted by atomic mass is 9.94. The molecule has 2 aliphatic heterocycles. The molecular weight excluding hydrogens is 414 g/mol. The number of para-hydroxylation sites is 1. The predicted molar refractivity (Wildman–Crippen MR) is 117 cm³/mol. The average molecular weight is 439 g/mol. The van der Waals surface area contributed by atoms with E-state index < -0.39 is 24.2 Å². The van der Waals surface area contributed by atoms with E-state index in [1.54, 1.807) is 42.3 Å². The molecule has 3 amide bonds. The quantitative estimate of drug-likeness (QED) is 0.674. The van der Waals surface area contributed by atoms with E-state index in [0.29, 0.717) is 35.5 Å². The van der Waals surface area contributed by atoms with Crippen LogP contribution in [0.4, 0.5) is 16.2 Å². The third-order valence-corrected chi connectivity index (χ3v) is 5.70. The molecule has 0 spiro atoms. The summed E-state index contributed by atoms with van der Waals surface area (Å²) in [7, 11) is 1.71. The van der Waals surface area contributed by atoms with E-state index in [1.807, 2.05) is 18.2 Å². The van der Waals surface area contributed by atoms with Gasteiger partial charge in [0.2, 0.25) is 0 Å². The molecule has 32 heavy (non-hydrogen) atoms. The van der Waals surface area contributed by atoms with Crippen molar-refractivity contribution in [2.75, 3.05) is 24.3 Å². The summed E-state index contributed by atoms with van der Waals surface area (Å²) in [5.41, 5.74) is 1.46. The maximum absolute atomic E-state index is 13.2. The number of hydrogen-bond acceptors (Lipinski definition) is 5. The topological polar surface area (TPSA) is 117 Å². The molecule has 2 aliphatic rings. The van der Waals surface area contributed by atoms with Crippen molar-refractivity contribution in [3.63, 3.8) is 0 Å². The van der Waals surface area contributed by atoms with Crippen LogP contribution in [-0.4, -0.2) is 59.8 Å². The number of urea groups is 1. The van der Waals surface area contributed by atoms with Crippen molar-refractivity contribution in [3.05, 3.63) is 54.1 Å². The molecule has 0 aromatic heterocycles.